The molecule has 7 nitrogen and oxygen atoms in total. The van der Waals surface area contributed by atoms with Gasteiger partial charge in [-0.2, -0.15) is 0 Å². The van der Waals surface area contributed by atoms with E-state index in [2.05, 4.69) is 25.4 Å². The lowest BCUT2D eigenvalue weighted by molar-refractivity contribution is 0.321. The van der Waals surface area contributed by atoms with E-state index in [-0.39, 0.29) is 6.04 Å². The number of rotatable bonds is 5. The van der Waals surface area contributed by atoms with Crippen LogP contribution < -0.4 is 5.32 Å². The van der Waals surface area contributed by atoms with Crippen molar-refractivity contribution in [2.75, 3.05) is 5.32 Å². The standard InChI is InChI=1S/C17H18N6O/c1-12(2)23-15(10-19-16(23)11-20-24)14-8-9-18-17(22-14)21-13-6-4-3-5-7-13/h3-12,24H,1-2H3,(H,18,21,22). The van der Waals surface area contributed by atoms with Crippen LogP contribution in [0.15, 0.2) is 53.9 Å². The molecule has 0 atom stereocenters. The Balaban J connectivity index is 1.97. The molecular formula is C17H18N6O. The van der Waals surface area contributed by atoms with Crippen LogP contribution in [0, 0.1) is 0 Å². The fourth-order valence-electron chi connectivity index (χ4n) is 2.47. The molecule has 3 rings (SSSR count). The van der Waals surface area contributed by atoms with Gasteiger partial charge in [-0.1, -0.05) is 23.4 Å². The molecule has 0 bridgehead atoms. The van der Waals surface area contributed by atoms with Crippen LogP contribution in [0.2, 0.25) is 0 Å². The Kier molecular flexibility index (Phi) is 4.51. The average molecular weight is 322 g/mol. The SMILES string of the molecule is CC(C)n1c(-c2ccnc(Nc3ccccc3)n2)cnc1C=NO. The first-order chi connectivity index (χ1) is 11.7. The van der Waals surface area contributed by atoms with Crippen LogP contribution in [-0.4, -0.2) is 30.9 Å². The van der Waals surface area contributed by atoms with Crippen LogP contribution in [0.1, 0.15) is 25.7 Å². The van der Waals surface area contributed by atoms with Crippen molar-refractivity contribution >= 4 is 17.9 Å². The first kappa shape index (κ1) is 15.7. The van der Waals surface area contributed by atoms with Crippen LogP contribution in [0.5, 0.6) is 0 Å². The highest BCUT2D eigenvalue weighted by atomic mass is 16.4. The van der Waals surface area contributed by atoms with Crippen LogP contribution in [0.4, 0.5) is 11.6 Å². The summed E-state index contributed by atoms with van der Waals surface area (Å²) in [6, 6.07) is 11.7. The molecule has 0 unspecified atom stereocenters. The molecule has 1 aromatic carbocycles. The lowest BCUT2D eigenvalue weighted by atomic mass is 10.2. The average Bonchev–Trinajstić information content (AvgIpc) is 3.00. The third-order valence-electron chi connectivity index (χ3n) is 3.46. The van der Waals surface area contributed by atoms with Crippen molar-refractivity contribution < 1.29 is 5.21 Å². The number of aromatic nitrogens is 4. The Morgan fingerprint density at radius 2 is 1.96 bits per heavy atom. The maximum absolute atomic E-state index is 8.79. The lowest BCUT2D eigenvalue weighted by Gasteiger charge is -2.14. The third-order valence-corrected chi connectivity index (χ3v) is 3.46. The second-order valence-corrected chi connectivity index (χ2v) is 5.47. The molecule has 2 aromatic heterocycles. The smallest absolute Gasteiger partial charge is 0.227 e. The van der Waals surface area contributed by atoms with E-state index in [1.54, 1.807) is 12.4 Å². The number of imidazole rings is 1. The monoisotopic (exact) mass is 322 g/mol. The zero-order valence-electron chi connectivity index (χ0n) is 13.5. The molecule has 0 aliphatic carbocycles. The van der Waals surface area contributed by atoms with Gasteiger partial charge in [-0.05, 0) is 32.0 Å². The largest absolute Gasteiger partial charge is 0.411 e. The second-order valence-electron chi connectivity index (χ2n) is 5.47. The molecule has 0 aliphatic heterocycles. The van der Waals surface area contributed by atoms with Gasteiger partial charge in [-0.15, -0.1) is 0 Å². The lowest BCUT2D eigenvalue weighted by Crippen LogP contribution is -2.08. The molecular weight excluding hydrogens is 304 g/mol. The second kappa shape index (κ2) is 6.91. The number of benzene rings is 1. The molecule has 7 heteroatoms. The normalized spacial score (nSPS) is 11.3. The van der Waals surface area contributed by atoms with Crippen LogP contribution in [-0.2, 0) is 0 Å². The van der Waals surface area contributed by atoms with Gasteiger partial charge >= 0.3 is 0 Å². The molecule has 0 spiro atoms. The summed E-state index contributed by atoms with van der Waals surface area (Å²) in [6.07, 6.45) is 4.73. The number of para-hydroxylation sites is 1. The molecule has 0 amide bonds. The molecule has 3 aromatic rings. The van der Waals surface area contributed by atoms with Gasteiger partial charge in [0.05, 0.1) is 17.6 Å². The van der Waals surface area contributed by atoms with Gasteiger partial charge in [0.25, 0.3) is 0 Å². The number of nitrogens with zero attached hydrogens (tertiary/aromatic N) is 5. The minimum absolute atomic E-state index is 0.135. The number of nitrogens with one attached hydrogen (secondary N) is 1. The minimum Gasteiger partial charge on any atom is -0.411 e. The number of hydrogen-bond donors (Lipinski definition) is 2. The van der Waals surface area contributed by atoms with E-state index in [0.717, 1.165) is 17.1 Å². The van der Waals surface area contributed by atoms with Crippen molar-refractivity contribution in [3.63, 3.8) is 0 Å². The van der Waals surface area contributed by atoms with Crippen molar-refractivity contribution in [3.05, 3.63) is 54.6 Å². The van der Waals surface area contributed by atoms with Crippen LogP contribution in [0.3, 0.4) is 0 Å². The van der Waals surface area contributed by atoms with E-state index in [1.165, 1.54) is 6.21 Å². The Labute approximate surface area is 139 Å². The Bertz CT molecular complexity index is 841. The first-order valence-electron chi connectivity index (χ1n) is 7.59. The van der Waals surface area contributed by atoms with E-state index in [9.17, 15) is 0 Å². The Morgan fingerprint density at radius 1 is 1.17 bits per heavy atom. The minimum atomic E-state index is 0.135. The van der Waals surface area contributed by atoms with Crippen molar-refractivity contribution in [1.29, 1.82) is 0 Å². The van der Waals surface area contributed by atoms with Gasteiger partial charge in [0.15, 0.2) is 5.82 Å². The maximum Gasteiger partial charge on any atom is 0.227 e. The zero-order valence-corrected chi connectivity index (χ0v) is 13.5. The topological polar surface area (TPSA) is 88.2 Å². The Morgan fingerprint density at radius 3 is 2.67 bits per heavy atom. The van der Waals surface area contributed by atoms with Crippen molar-refractivity contribution in [2.24, 2.45) is 5.16 Å². The van der Waals surface area contributed by atoms with Gasteiger partial charge < -0.3 is 15.1 Å². The molecule has 0 saturated carbocycles. The molecule has 2 heterocycles. The number of oxime groups is 1. The van der Waals surface area contributed by atoms with Gasteiger partial charge in [0, 0.05) is 17.9 Å². The molecule has 0 saturated heterocycles. The molecule has 0 radical (unpaired) electrons. The predicted molar refractivity (Wildman–Crippen MR) is 92.7 cm³/mol. The molecule has 0 fully saturated rings. The summed E-state index contributed by atoms with van der Waals surface area (Å²) in [4.78, 5) is 13.1. The van der Waals surface area contributed by atoms with Gasteiger partial charge in [-0.25, -0.2) is 15.0 Å². The summed E-state index contributed by atoms with van der Waals surface area (Å²) in [5, 5.41) is 15.0. The molecule has 122 valence electrons. The number of anilines is 2. The molecule has 2 N–H and O–H groups in total. The van der Waals surface area contributed by atoms with E-state index in [1.807, 2.05) is 54.8 Å². The fraction of sp³-hybridized carbons (Fsp3) is 0.176. The van der Waals surface area contributed by atoms with Gasteiger partial charge in [0.2, 0.25) is 5.95 Å². The summed E-state index contributed by atoms with van der Waals surface area (Å²) >= 11 is 0. The van der Waals surface area contributed by atoms with E-state index in [0.29, 0.717) is 11.8 Å². The van der Waals surface area contributed by atoms with Gasteiger partial charge in [-0.3, -0.25) is 0 Å². The third kappa shape index (κ3) is 3.24. The fourth-order valence-corrected chi connectivity index (χ4v) is 2.47. The zero-order chi connectivity index (χ0) is 16.9. The van der Waals surface area contributed by atoms with Crippen molar-refractivity contribution in [1.82, 2.24) is 19.5 Å². The summed E-state index contributed by atoms with van der Waals surface area (Å²) < 4.78 is 1.95. The summed E-state index contributed by atoms with van der Waals surface area (Å²) in [5.74, 6) is 1.08. The molecule has 24 heavy (non-hydrogen) atoms. The van der Waals surface area contributed by atoms with Gasteiger partial charge in [0.1, 0.15) is 6.21 Å². The maximum atomic E-state index is 8.79. The molecule has 0 aliphatic rings. The van der Waals surface area contributed by atoms with Crippen LogP contribution >= 0.6 is 0 Å². The predicted octanol–water partition coefficient (Wildman–Crippen LogP) is 3.47. The van der Waals surface area contributed by atoms with E-state index in [4.69, 9.17) is 5.21 Å². The summed E-state index contributed by atoms with van der Waals surface area (Å²) in [5.41, 5.74) is 2.49. The van der Waals surface area contributed by atoms with Crippen molar-refractivity contribution in [2.45, 2.75) is 19.9 Å². The highest BCUT2D eigenvalue weighted by Gasteiger charge is 2.15. The quantitative estimate of drug-likeness (QED) is 0.426. The summed E-state index contributed by atoms with van der Waals surface area (Å²) in [6.45, 7) is 4.06. The highest BCUT2D eigenvalue weighted by molar-refractivity contribution is 5.76. The van der Waals surface area contributed by atoms with E-state index >= 15 is 0 Å². The first-order valence-corrected chi connectivity index (χ1v) is 7.59. The number of hydrogen-bond acceptors (Lipinski definition) is 6. The highest BCUT2D eigenvalue weighted by Crippen LogP contribution is 2.23. The summed E-state index contributed by atoms with van der Waals surface area (Å²) in [7, 11) is 0. The van der Waals surface area contributed by atoms with Crippen LogP contribution in [0.25, 0.3) is 11.4 Å². The van der Waals surface area contributed by atoms with Crippen molar-refractivity contribution in [3.8, 4) is 11.4 Å². The Hall–Kier alpha value is -3.22. The van der Waals surface area contributed by atoms with E-state index < -0.39 is 0 Å².